The van der Waals surface area contributed by atoms with Crippen LogP contribution in [0, 0.1) is 0 Å². The van der Waals surface area contributed by atoms with Crippen LogP contribution in [0.4, 0.5) is 34.1 Å². The second-order valence-electron chi connectivity index (χ2n) is 26.2. The third-order valence-electron chi connectivity index (χ3n) is 20.3. The molecule has 18 aromatic carbocycles. The first-order valence-electron chi connectivity index (χ1n) is 34.6. The topological polar surface area (TPSA) is 24.3 Å². The van der Waals surface area contributed by atoms with Gasteiger partial charge in [0, 0.05) is 50.3 Å². The lowest BCUT2D eigenvalue weighted by atomic mass is 9.83. The lowest BCUT2D eigenvalue weighted by Crippen LogP contribution is -2.12. The highest BCUT2D eigenvalue weighted by Gasteiger charge is 2.25. The van der Waals surface area contributed by atoms with Crippen molar-refractivity contribution in [1.82, 2.24) is 9.55 Å². The van der Waals surface area contributed by atoms with E-state index in [1.54, 1.807) is 0 Å². The van der Waals surface area contributed by atoms with E-state index in [1.165, 1.54) is 70.6 Å². The summed E-state index contributed by atoms with van der Waals surface area (Å²) in [6, 6.07) is 142. The Kier molecular flexibility index (Phi) is 14.5. The molecular formula is C97H64N4. The van der Waals surface area contributed by atoms with Gasteiger partial charge in [0.2, 0.25) is 0 Å². The van der Waals surface area contributed by atoms with E-state index < -0.39 is 0 Å². The Balaban J connectivity index is 0.774. The lowest BCUT2D eigenvalue weighted by Gasteiger charge is -2.30. The van der Waals surface area contributed by atoms with Gasteiger partial charge in [-0.25, -0.2) is 4.98 Å². The highest BCUT2D eigenvalue weighted by Crippen LogP contribution is 2.51. The largest absolute Gasteiger partial charge is 0.310 e. The summed E-state index contributed by atoms with van der Waals surface area (Å²) in [5, 5.41) is 14.3. The van der Waals surface area contributed by atoms with E-state index in [0.717, 1.165) is 112 Å². The molecule has 19 rings (SSSR count). The van der Waals surface area contributed by atoms with Crippen LogP contribution in [0.15, 0.2) is 388 Å². The number of aromatic nitrogens is 2. The number of imidazole rings is 1. The van der Waals surface area contributed by atoms with Crippen molar-refractivity contribution in [3.8, 4) is 72.7 Å². The standard InChI is InChI=1S/C97H64N4/c1-4-28-79(29-5-1)99(92-38-20-27-70-23-14-16-34-84(70)92)82-54-47-67(48-55-82)68-49-56-83(57-50-68)100(80-30-6-2-7-31-80)96-85-35-17-15-24-71(85)51-58-86(96)76-53-60-88-90(64-76)95(78-46-42-66-22-11-13-26-74(66)62-78)87-59-52-75(63-89(87)94(88)77-45-41-65-21-10-12-25-73(65)61-77)69-39-43-72(44-40-69)97-98-91-36-18-19-37-93(91)101(97)81-32-8-3-9-33-81/h1-64H. The van der Waals surface area contributed by atoms with Gasteiger partial charge in [-0.3, -0.25) is 4.57 Å². The summed E-state index contributed by atoms with van der Waals surface area (Å²) in [6.07, 6.45) is 0. The first-order valence-corrected chi connectivity index (χ1v) is 34.6. The minimum atomic E-state index is 0.910. The first-order chi connectivity index (χ1) is 50.1. The molecular weight excluding hydrogens is 1220 g/mol. The van der Waals surface area contributed by atoms with Gasteiger partial charge >= 0.3 is 0 Å². The number of benzene rings is 18. The van der Waals surface area contributed by atoms with Gasteiger partial charge in [-0.15, -0.1) is 0 Å². The molecule has 0 saturated heterocycles. The Morgan fingerprint density at radius 2 is 0.644 bits per heavy atom. The van der Waals surface area contributed by atoms with Crippen molar-refractivity contribution in [1.29, 1.82) is 0 Å². The zero-order valence-corrected chi connectivity index (χ0v) is 55.2. The maximum Gasteiger partial charge on any atom is 0.145 e. The van der Waals surface area contributed by atoms with Crippen molar-refractivity contribution in [2.75, 3.05) is 9.80 Å². The molecule has 0 aliphatic heterocycles. The fourth-order valence-corrected chi connectivity index (χ4v) is 15.5. The normalized spacial score (nSPS) is 11.6. The van der Waals surface area contributed by atoms with E-state index in [0.29, 0.717) is 0 Å². The quantitative estimate of drug-likeness (QED) is 0.108. The fraction of sp³-hybridized carbons (Fsp3) is 0. The van der Waals surface area contributed by atoms with Gasteiger partial charge in [0.1, 0.15) is 5.82 Å². The lowest BCUT2D eigenvalue weighted by molar-refractivity contribution is 1.10. The number of anilines is 6. The minimum absolute atomic E-state index is 0.910. The van der Waals surface area contributed by atoms with Crippen LogP contribution in [0.3, 0.4) is 0 Å². The minimum Gasteiger partial charge on any atom is -0.310 e. The second kappa shape index (κ2) is 24.9. The molecule has 0 aliphatic rings. The summed E-state index contributed by atoms with van der Waals surface area (Å²) in [5.41, 5.74) is 22.2. The van der Waals surface area contributed by atoms with Gasteiger partial charge < -0.3 is 9.80 Å². The average Bonchev–Trinajstić information content (AvgIpc) is 1.36. The highest BCUT2D eigenvalue weighted by atomic mass is 15.2. The zero-order valence-electron chi connectivity index (χ0n) is 55.2. The van der Waals surface area contributed by atoms with Crippen molar-refractivity contribution in [2.45, 2.75) is 0 Å². The molecule has 0 radical (unpaired) electrons. The Morgan fingerprint density at radius 1 is 0.228 bits per heavy atom. The third-order valence-corrected chi connectivity index (χ3v) is 20.3. The molecule has 4 nitrogen and oxygen atoms in total. The van der Waals surface area contributed by atoms with Crippen LogP contribution < -0.4 is 9.80 Å². The molecule has 0 N–H and O–H groups in total. The number of fused-ring (bicyclic) bond motifs is 7. The van der Waals surface area contributed by atoms with Crippen molar-refractivity contribution >= 4 is 110 Å². The third kappa shape index (κ3) is 10.5. The molecule has 1 heterocycles. The van der Waals surface area contributed by atoms with E-state index in [-0.39, 0.29) is 0 Å². The predicted octanol–water partition coefficient (Wildman–Crippen LogP) is 26.9. The van der Waals surface area contributed by atoms with Gasteiger partial charge in [-0.1, -0.05) is 285 Å². The molecule has 0 amide bonds. The SMILES string of the molecule is c1ccc(N(c2ccc(-c3ccc(N(c4ccccc4)c4c(-c5ccc6c(-c7ccc8ccccc8c7)c7cc(-c8ccc(-c9nc%10ccccc%10n9-c9ccccc9)cc8)ccc7c(-c7ccc8ccccc8c7)c6c5)ccc5ccccc45)cc3)cc2)c2cccc3ccccc23)cc1. The van der Waals surface area contributed by atoms with Crippen LogP contribution in [0.2, 0.25) is 0 Å². The van der Waals surface area contributed by atoms with E-state index in [1.807, 2.05) is 0 Å². The number of hydrogen-bond donors (Lipinski definition) is 0. The van der Waals surface area contributed by atoms with E-state index in [9.17, 15) is 0 Å². The number of rotatable bonds is 13. The first kappa shape index (κ1) is 58.9. The number of hydrogen-bond acceptors (Lipinski definition) is 3. The van der Waals surface area contributed by atoms with Crippen LogP contribution >= 0.6 is 0 Å². The summed E-state index contributed by atoms with van der Waals surface area (Å²) in [6.45, 7) is 0. The molecule has 0 saturated carbocycles. The molecule has 0 spiro atoms. The molecule has 101 heavy (non-hydrogen) atoms. The zero-order chi connectivity index (χ0) is 66.7. The van der Waals surface area contributed by atoms with Crippen LogP contribution in [0.25, 0.3) is 148 Å². The molecule has 4 heteroatoms. The molecule has 0 atom stereocenters. The van der Waals surface area contributed by atoms with Crippen LogP contribution in [-0.2, 0) is 0 Å². The molecule has 0 aliphatic carbocycles. The van der Waals surface area contributed by atoms with Crippen molar-refractivity contribution in [3.05, 3.63) is 388 Å². The van der Waals surface area contributed by atoms with Gasteiger partial charge in [0.25, 0.3) is 0 Å². The fourth-order valence-electron chi connectivity index (χ4n) is 15.5. The molecule has 0 unspecified atom stereocenters. The molecule has 19 aromatic rings. The van der Waals surface area contributed by atoms with Crippen molar-refractivity contribution in [3.63, 3.8) is 0 Å². The average molecular weight is 1290 g/mol. The van der Waals surface area contributed by atoms with Crippen LogP contribution in [0.1, 0.15) is 0 Å². The van der Waals surface area contributed by atoms with E-state index >= 15 is 0 Å². The summed E-state index contributed by atoms with van der Waals surface area (Å²) in [5.74, 6) is 0.910. The summed E-state index contributed by atoms with van der Waals surface area (Å²) in [7, 11) is 0. The van der Waals surface area contributed by atoms with Gasteiger partial charge in [-0.2, -0.15) is 0 Å². The van der Waals surface area contributed by atoms with Crippen molar-refractivity contribution < 1.29 is 0 Å². The van der Waals surface area contributed by atoms with E-state index in [2.05, 4.69) is 403 Å². The molecule has 472 valence electrons. The summed E-state index contributed by atoms with van der Waals surface area (Å²) >= 11 is 0. The van der Waals surface area contributed by atoms with Gasteiger partial charge in [-0.05, 0) is 207 Å². The Bertz CT molecular complexity index is 6360. The van der Waals surface area contributed by atoms with Crippen LogP contribution in [0.5, 0.6) is 0 Å². The predicted molar refractivity (Wildman–Crippen MR) is 428 cm³/mol. The van der Waals surface area contributed by atoms with Gasteiger partial charge in [0.05, 0.1) is 22.4 Å². The van der Waals surface area contributed by atoms with Crippen molar-refractivity contribution in [2.24, 2.45) is 0 Å². The monoisotopic (exact) mass is 1280 g/mol. The Hall–Kier alpha value is -13.4. The molecule has 0 fully saturated rings. The molecule has 1 aromatic heterocycles. The highest BCUT2D eigenvalue weighted by molar-refractivity contribution is 6.24. The summed E-state index contributed by atoms with van der Waals surface area (Å²) < 4.78 is 2.27. The second-order valence-corrected chi connectivity index (χ2v) is 26.2. The maximum atomic E-state index is 5.23. The van der Waals surface area contributed by atoms with Crippen LogP contribution in [-0.4, -0.2) is 9.55 Å². The summed E-state index contributed by atoms with van der Waals surface area (Å²) in [4.78, 5) is 10.1. The van der Waals surface area contributed by atoms with Gasteiger partial charge in [0.15, 0.2) is 0 Å². The number of nitrogens with zero attached hydrogens (tertiary/aromatic N) is 4. The molecule has 0 bridgehead atoms. The number of para-hydroxylation sites is 5. The Morgan fingerprint density at radius 3 is 1.27 bits per heavy atom. The van der Waals surface area contributed by atoms with E-state index in [4.69, 9.17) is 4.98 Å². The maximum absolute atomic E-state index is 5.23. The Labute approximate surface area is 586 Å². The smallest absolute Gasteiger partial charge is 0.145 e.